The van der Waals surface area contributed by atoms with E-state index in [4.69, 9.17) is 0 Å². The lowest BCUT2D eigenvalue weighted by atomic mass is 9.90. The van der Waals surface area contributed by atoms with Gasteiger partial charge in [-0.2, -0.15) is 0 Å². The van der Waals surface area contributed by atoms with Crippen LogP contribution in [0.4, 0.5) is 17.6 Å². The van der Waals surface area contributed by atoms with Crippen LogP contribution in [0.2, 0.25) is 0 Å². The highest BCUT2D eigenvalue weighted by atomic mass is 19.1. The summed E-state index contributed by atoms with van der Waals surface area (Å²) in [6.07, 6.45) is -0.921. The molecule has 1 aliphatic heterocycles. The molecule has 0 amide bonds. The summed E-state index contributed by atoms with van der Waals surface area (Å²) < 4.78 is 51.9. The molecule has 5 heteroatoms. The first-order valence-electron chi connectivity index (χ1n) is 5.98. The van der Waals surface area contributed by atoms with Crippen LogP contribution in [0.5, 0.6) is 0 Å². The molecule has 1 fully saturated rings. The van der Waals surface area contributed by atoms with Crippen molar-refractivity contribution in [1.29, 1.82) is 0 Å². The van der Waals surface area contributed by atoms with E-state index in [0.29, 0.717) is 26.1 Å². The van der Waals surface area contributed by atoms with E-state index in [1.54, 1.807) is 0 Å². The van der Waals surface area contributed by atoms with Gasteiger partial charge in [0.2, 0.25) is 0 Å². The van der Waals surface area contributed by atoms with Gasteiger partial charge in [0.25, 0.3) is 0 Å². The Morgan fingerprint density at radius 2 is 1.78 bits per heavy atom. The summed E-state index contributed by atoms with van der Waals surface area (Å²) in [5, 5.41) is 0. The van der Waals surface area contributed by atoms with Gasteiger partial charge >= 0.3 is 0 Å². The summed E-state index contributed by atoms with van der Waals surface area (Å²) in [7, 11) is 0. The third-order valence-corrected chi connectivity index (χ3v) is 3.21. The lowest BCUT2D eigenvalue weighted by Crippen LogP contribution is -2.48. The molecule has 1 heterocycles. The fourth-order valence-electron chi connectivity index (χ4n) is 2.27. The molecule has 1 aromatic carbocycles. The minimum Gasteiger partial charge on any atom is -0.302 e. The average molecular weight is 261 g/mol. The summed E-state index contributed by atoms with van der Waals surface area (Å²) in [5.41, 5.74) is 0.0441. The maximum atomic E-state index is 14.0. The second-order valence-electron chi connectivity index (χ2n) is 4.67. The number of rotatable bonds is 5. The van der Waals surface area contributed by atoms with Gasteiger partial charge in [-0.25, -0.2) is 13.2 Å². The van der Waals surface area contributed by atoms with Crippen molar-refractivity contribution in [3.63, 3.8) is 0 Å². The molecule has 0 saturated carbocycles. The molecule has 0 unspecified atom stereocenters. The summed E-state index contributed by atoms with van der Waals surface area (Å²) >= 11 is 0. The molecule has 0 radical (unpaired) electrons. The van der Waals surface area contributed by atoms with Crippen LogP contribution in [0, 0.1) is 17.6 Å². The Morgan fingerprint density at radius 1 is 1.17 bits per heavy atom. The number of benzene rings is 1. The number of halogens is 4. The van der Waals surface area contributed by atoms with E-state index in [1.165, 1.54) is 0 Å². The van der Waals surface area contributed by atoms with Crippen LogP contribution in [0.15, 0.2) is 18.2 Å². The summed E-state index contributed by atoms with van der Waals surface area (Å²) in [6, 6.07) is 2.78. The molecule has 18 heavy (non-hydrogen) atoms. The minimum atomic E-state index is -1.36. The first-order chi connectivity index (χ1) is 8.60. The van der Waals surface area contributed by atoms with E-state index in [1.807, 2.05) is 4.90 Å². The second-order valence-corrected chi connectivity index (χ2v) is 4.67. The van der Waals surface area contributed by atoms with Crippen LogP contribution in [-0.4, -0.2) is 31.2 Å². The lowest BCUT2D eigenvalue weighted by Gasteiger charge is -2.40. The molecular formula is C13H15F4N. The number of alkyl halides is 2. The van der Waals surface area contributed by atoms with E-state index in [9.17, 15) is 17.6 Å². The zero-order valence-corrected chi connectivity index (χ0v) is 9.88. The Hall–Kier alpha value is -1.10. The number of hydrogen-bond acceptors (Lipinski definition) is 1. The standard InChI is InChI=1S/C13H15F4N/c14-2-1-3-18-7-10(8-18)13(17)9-4-11(15)6-12(16)5-9/h4-6,10,13H,1-3,7-8H2/t13-/m0/s1. The van der Waals surface area contributed by atoms with Gasteiger partial charge in [0.05, 0.1) is 6.67 Å². The normalized spacial score (nSPS) is 18.7. The van der Waals surface area contributed by atoms with Gasteiger partial charge in [-0.15, -0.1) is 0 Å². The van der Waals surface area contributed by atoms with Gasteiger partial charge in [-0.3, -0.25) is 4.39 Å². The fraction of sp³-hybridized carbons (Fsp3) is 0.538. The average Bonchev–Trinajstić information content (AvgIpc) is 2.25. The zero-order chi connectivity index (χ0) is 13.1. The van der Waals surface area contributed by atoms with E-state index < -0.39 is 17.8 Å². The Balaban J connectivity index is 1.91. The quantitative estimate of drug-likeness (QED) is 0.735. The predicted molar refractivity (Wildman–Crippen MR) is 60.7 cm³/mol. The van der Waals surface area contributed by atoms with Crippen LogP contribution < -0.4 is 0 Å². The highest BCUT2D eigenvalue weighted by Crippen LogP contribution is 2.33. The van der Waals surface area contributed by atoms with E-state index in [-0.39, 0.29) is 18.2 Å². The van der Waals surface area contributed by atoms with E-state index in [2.05, 4.69) is 0 Å². The Kier molecular flexibility index (Phi) is 4.22. The topological polar surface area (TPSA) is 3.24 Å². The molecule has 1 aromatic rings. The highest BCUT2D eigenvalue weighted by molar-refractivity contribution is 5.21. The van der Waals surface area contributed by atoms with Crippen molar-refractivity contribution >= 4 is 0 Å². The maximum Gasteiger partial charge on any atom is 0.131 e. The molecule has 100 valence electrons. The number of hydrogen-bond donors (Lipinski definition) is 0. The van der Waals surface area contributed by atoms with Crippen LogP contribution in [0.3, 0.4) is 0 Å². The fourth-order valence-corrected chi connectivity index (χ4v) is 2.27. The summed E-state index contributed by atoms with van der Waals surface area (Å²) in [5.74, 6) is -1.78. The van der Waals surface area contributed by atoms with Crippen molar-refractivity contribution in [3.05, 3.63) is 35.4 Å². The first-order valence-corrected chi connectivity index (χ1v) is 5.98. The van der Waals surface area contributed by atoms with Crippen LogP contribution >= 0.6 is 0 Å². The first kappa shape index (κ1) is 13.3. The van der Waals surface area contributed by atoms with Gasteiger partial charge in [-0.1, -0.05) is 0 Å². The van der Waals surface area contributed by atoms with Crippen LogP contribution in [0.1, 0.15) is 18.2 Å². The molecule has 0 N–H and O–H groups in total. The molecule has 0 aromatic heterocycles. The van der Waals surface area contributed by atoms with Gasteiger partial charge in [0, 0.05) is 31.6 Å². The van der Waals surface area contributed by atoms with Gasteiger partial charge in [-0.05, 0) is 24.1 Å². The van der Waals surface area contributed by atoms with Crippen molar-refractivity contribution in [3.8, 4) is 0 Å². The number of nitrogens with zero attached hydrogens (tertiary/aromatic N) is 1. The van der Waals surface area contributed by atoms with E-state index in [0.717, 1.165) is 18.2 Å². The zero-order valence-electron chi connectivity index (χ0n) is 9.88. The van der Waals surface area contributed by atoms with Gasteiger partial charge in [0.1, 0.15) is 17.8 Å². The molecule has 1 saturated heterocycles. The van der Waals surface area contributed by atoms with Crippen molar-refractivity contribution in [2.75, 3.05) is 26.3 Å². The highest BCUT2D eigenvalue weighted by Gasteiger charge is 2.34. The third kappa shape index (κ3) is 3.02. The Morgan fingerprint density at radius 3 is 2.33 bits per heavy atom. The molecule has 1 aliphatic rings. The van der Waals surface area contributed by atoms with Crippen molar-refractivity contribution < 1.29 is 17.6 Å². The molecule has 2 rings (SSSR count). The minimum absolute atomic E-state index is 0.0441. The molecule has 1 atom stereocenters. The summed E-state index contributed by atoms with van der Waals surface area (Å²) in [4.78, 5) is 1.94. The molecule has 0 aliphatic carbocycles. The van der Waals surface area contributed by atoms with Crippen molar-refractivity contribution in [1.82, 2.24) is 4.90 Å². The predicted octanol–water partition coefficient (Wildman–Crippen LogP) is 3.27. The van der Waals surface area contributed by atoms with Crippen LogP contribution in [-0.2, 0) is 0 Å². The Labute approximate surface area is 103 Å². The van der Waals surface area contributed by atoms with Crippen LogP contribution in [0.25, 0.3) is 0 Å². The lowest BCUT2D eigenvalue weighted by molar-refractivity contribution is 0.0361. The monoisotopic (exact) mass is 261 g/mol. The second kappa shape index (κ2) is 5.69. The number of likely N-dealkylation sites (tertiary alicyclic amines) is 1. The SMILES string of the molecule is FCCCN1CC([C@@H](F)c2cc(F)cc(F)c2)C1. The van der Waals surface area contributed by atoms with Crippen molar-refractivity contribution in [2.24, 2.45) is 5.92 Å². The maximum absolute atomic E-state index is 14.0. The molecule has 0 spiro atoms. The smallest absolute Gasteiger partial charge is 0.131 e. The van der Waals surface area contributed by atoms with Crippen molar-refractivity contribution in [2.45, 2.75) is 12.6 Å². The Bertz CT molecular complexity index is 384. The third-order valence-electron chi connectivity index (χ3n) is 3.21. The van der Waals surface area contributed by atoms with Gasteiger partial charge < -0.3 is 4.90 Å². The largest absolute Gasteiger partial charge is 0.302 e. The molecule has 0 bridgehead atoms. The molecule has 1 nitrogen and oxygen atoms in total. The van der Waals surface area contributed by atoms with Gasteiger partial charge in [0.15, 0.2) is 0 Å². The van der Waals surface area contributed by atoms with E-state index >= 15 is 0 Å². The summed E-state index contributed by atoms with van der Waals surface area (Å²) in [6.45, 7) is 1.26. The molecular weight excluding hydrogens is 246 g/mol.